The number of rotatable bonds is 2. The molecule has 0 radical (unpaired) electrons. The van der Waals surface area contributed by atoms with Crippen molar-refractivity contribution in [2.45, 2.75) is 17.9 Å². The molecule has 1 saturated heterocycles. The number of hydrogen-bond donors (Lipinski definition) is 1. The summed E-state index contributed by atoms with van der Waals surface area (Å²) in [5, 5.41) is 7.11. The molecule has 2 rings (SSSR count). The second-order valence-electron chi connectivity index (χ2n) is 4.07. The largest absolute Gasteiger partial charge is 0.312 e. The van der Waals surface area contributed by atoms with Gasteiger partial charge in [-0.2, -0.15) is 9.40 Å². The first kappa shape index (κ1) is 11.6. The summed E-state index contributed by atoms with van der Waals surface area (Å²) in [4.78, 5) is 0.268. The average molecular weight is 244 g/mol. The Morgan fingerprint density at radius 1 is 1.56 bits per heavy atom. The van der Waals surface area contributed by atoms with Crippen LogP contribution in [-0.2, 0) is 17.1 Å². The van der Waals surface area contributed by atoms with Gasteiger partial charge in [0, 0.05) is 38.9 Å². The van der Waals surface area contributed by atoms with Gasteiger partial charge in [-0.05, 0) is 6.92 Å². The lowest BCUT2D eigenvalue weighted by Gasteiger charge is -2.30. The summed E-state index contributed by atoms with van der Waals surface area (Å²) >= 11 is 0. The predicted octanol–water partition coefficient (Wildman–Crippen LogP) is -0.597. The zero-order chi connectivity index (χ0) is 11.8. The normalized spacial score (nSPS) is 23.5. The molecule has 0 unspecified atom stereocenters. The Hall–Kier alpha value is -0.920. The third-order valence-corrected chi connectivity index (χ3v) is 4.47. The Morgan fingerprint density at radius 2 is 2.31 bits per heavy atom. The molecule has 0 saturated carbocycles. The fourth-order valence-electron chi connectivity index (χ4n) is 1.80. The highest BCUT2D eigenvalue weighted by Crippen LogP contribution is 2.15. The van der Waals surface area contributed by atoms with Gasteiger partial charge < -0.3 is 5.32 Å². The fraction of sp³-hybridized carbons (Fsp3) is 0.667. The van der Waals surface area contributed by atoms with Crippen molar-refractivity contribution in [3.8, 4) is 0 Å². The SMILES string of the molecule is C[C@H]1CN(S(=O)(=O)c2cnn(C)c2)CCN1. The van der Waals surface area contributed by atoms with Crippen LogP contribution in [0.25, 0.3) is 0 Å². The molecule has 0 aliphatic carbocycles. The van der Waals surface area contributed by atoms with Gasteiger partial charge in [0.05, 0.1) is 6.20 Å². The van der Waals surface area contributed by atoms with E-state index in [4.69, 9.17) is 0 Å². The van der Waals surface area contributed by atoms with E-state index < -0.39 is 10.0 Å². The van der Waals surface area contributed by atoms with Crippen molar-refractivity contribution in [2.24, 2.45) is 7.05 Å². The minimum atomic E-state index is -3.36. The van der Waals surface area contributed by atoms with Crippen LogP contribution in [0.4, 0.5) is 0 Å². The summed E-state index contributed by atoms with van der Waals surface area (Å²) in [6.07, 6.45) is 2.92. The smallest absolute Gasteiger partial charge is 0.246 e. The number of nitrogens with zero attached hydrogens (tertiary/aromatic N) is 3. The van der Waals surface area contributed by atoms with Crippen LogP contribution in [0.2, 0.25) is 0 Å². The number of piperazine rings is 1. The van der Waals surface area contributed by atoms with E-state index in [2.05, 4.69) is 10.4 Å². The van der Waals surface area contributed by atoms with Crippen molar-refractivity contribution in [3.63, 3.8) is 0 Å². The number of hydrogen-bond acceptors (Lipinski definition) is 4. The molecule has 0 spiro atoms. The molecule has 0 amide bonds. The monoisotopic (exact) mass is 244 g/mol. The van der Waals surface area contributed by atoms with Crippen LogP contribution in [0.5, 0.6) is 0 Å². The maximum Gasteiger partial charge on any atom is 0.246 e. The first-order valence-corrected chi connectivity index (χ1v) is 6.66. The van der Waals surface area contributed by atoms with E-state index in [-0.39, 0.29) is 10.9 Å². The van der Waals surface area contributed by atoms with E-state index in [9.17, 15) is 8.42 Å². The molecule has 0 aromatic carbocycles. The molecule has 1 aliphatic heterocycles. The number of aromatic nitrogens is 2. The summed E-state index contributed by atoms with van der Waals surface area (Å²) in [7, 11) is -1.66. The molecule has 16 heavy (non-hydrogen) atoms. The van der Waals surface area contributed by atoms with Crippen LogP contribution in [0.15, 0.2) is 17.3 Å². The molecule has 2 heterocycles. The van der Waals surface area contributed by atoms with Crippen LogP contribution < -0.4 is 5.32 Å². The minimum Gasteiger partial charge on any atom is -0.312 e. The van der Waals surface area contributed by atoms with Crippen LogP contribution >= 0.6 is 0 Å². The van der Waals surface area contributed by atoms with Gasteiger partial charge in [0.2, 0.25) is 10.0 Å². The number of sulfonamides is 1. The molecule has 90 valence electrons. The van der Waals surface area contributed by atoms with Crippen molar-refractivity contribution in [1.29, 1.82) is 0 Å². The van der Waals surface area contributed by atoms with Crippen LogP contribution in [-0.4, -0.2) is 48.2 Å². The van der Waals surface area contributed by atoms with E-state index in [1.807, 2.05) is 6.92 Å². The first-order chi connectivity index (χ1) is 7.50. The Balaban J connectivity index is 2.25. The van der Waals surface area contributed by atoms with Crippen molar-refractivity contribution in [2.75, 3.05) is 19.6 Å². The molecule has 7 heteroatoms. The predicted molar refractivity (Wildman–Crippen MR) is 59.4 cm³/mol. The van der Waals surface area contributed by atoms with Crippen molar-refractivity contribution in [3.05, 3.63) is 12.4 Å². The average Bonchev–Trinajstić information content (AvgIpc) is 2.65. The lowest BCUT2D eigenvalue weighted by atomic mass is 10.3. The standard InChI is InChI=1S/C9H16N4O2S/c1-8-6-13(4-3-10-8)16(14,15)9-5-11-12(2)7-9/h5,7-8,10H,3-4,6H2,1-2H3/t8-/m0/s1. The van der Waals surface area contributed by atoms with Crippen molar-refractivity contribution < 1.29 is 8.42 Å². The Kier molecular flexibility index (Phi) is 3.00. The number of nitrogens with one attached hydrogen (secondary N) is 1. The summed E-state index contributed by atoms with van der Waals surface area (Å²) in [5.41, 5.74) is 0. The molecule has 1 atom stereocenters. The molecule has 1 aromatic heterocycles. The Morgan fingerprint density at radius 3 is 2.88 bits per heavy atom. The van der Waals surface area contributed by atoms with E-state index in [0.717, 1.165) is 0 Å². The molecular formula is C9H16N4O2S. The summed E-state index contributed by atoms with van der Waals surface area (Å²) in [6.45, 7) is 3.70. The molecular weight excluding hydrogens is 228 g/mol. The summed E-state index contributed by atoms with van der Waals surface area (Å²) in [6, 6.07) is 0.195. The topological polar surface area (TPSA) is 67.2 Å². The third kappa shape index (κ3) is 2.11. The maximum atomic E-state index is 12.2. The molecule has 1 aliphatic rings. The zero-order valence-corrected chi connectivity index (χ0v) is 10.2. The quantitative estimate of drug-likeness (QED) is 0.754. The van der Waals surface area contributed by atoms with Crippen LogP contribution in [0, 0.1) is 0 Å². The fourth-order valence-corrected chi connectivity index (χ4v) is 3.31. The van der Waals surface area contributed by atoms with Gasteiger partial charge in [-0.15, -0.1) is 0 Å². The maximum absolute atomic E-state index is 12.2. The highest BCUT2D eigenvalue weighted by Gasteiger charge is 2.29. The van der Waals surface area contributed by atoms with Crippen molar-refractivity contribution in [1.82, 2.24) is 19.4 Å². The minimum absolute atomic E-state index is 0.195. The lowest BCUT2D eigenvalue weighted by Crippen LogP contribution is -2.51. The van der Waals surface area contributed by atoms with Gasteiger partial charge in [0.1, 0.15) is 4.90 Å². The van der Waals surface area contributed by atoms with E-state index in [0.29, 0.717) is 19.6 Å². The molecule has 6 nitrogen and oxygen atoms in total. The summed E-state index contributed by atoms with van der Waals surface area (Å²) < 4.78 is 27.4. The number of aryl methyl sites for hydroxylation is 1. The highest BCUT2D eigenvalue weighted by atomic mass is 32.2. The summed E-state index contributed by atoms with van der Waals surface area (Å²) in [5.74, 6) is 0. The Bertz CT molecular complexity index is 468. The zero-order valence-electron chi connectivity index (χ0n) is 9.42. The molecule has 0 bridgehead atoms. The van der Waals surface area contributed by atoms with E-state index >= 15 is 0 Å². The van der Waals surface area contributed by atoms with E-state index in [1.165, 1.54) is 21.4 Å². The molecule has 1 N–H and O–H groups in total. The van der Waals surface area contributed by atoms with Gasteiger partial charge in [0.25, 0.3) is 0 Å². The highest BCUT2D eigenvalue weighted by molar-refractivity contribution is 7.89. The van der Waals surface area contributed by atoms with E-state index in [1.54, 1.807) is 7.05 Å². The van der Waals surface area contributed by atoms with Crippen molar-refractivity contribution >= 4 is 10.0 Å². The second kappa shape index (κ2) is 4.15. The van der Waals surface area contributed by atoms with Gasteiger partial charge in [-0.3, -0.25) is 4.68 Å². The van der Waals surface area contributed by atoms with Gasteiger partial charge in [-0.1, -0.05) is 0 Å². The van der Waals surface area contributed by atoms with Crippen LogP contribution in [0.3, 0.4) is 0 Å². The lowest BCUT2D eigenvalue weighted by molar-refractivity contribution is 0.310. The van der Waals surface area contributed by atoms with Gasteiger partial charge >= 0.3 is 0 Å². The Labute approximate surface area is 95.3 Å². The van der Waals surface area contributed by atoms with Crippen LogP contribution in [0.1, 0.15) is 6.92 Å². The third-order valence-electron chi connectivity index (χ3n) is 2.65. The molecule has 1 fully saturated rings. The first-order valence-electron chi connectivity index (χ1n) is 5.22. The molecule has 1 aromatic rings. The second-order valence-corrected chi connectivity index (χ2v) is 6.01. The van der Waals surface area contributed by atoms with Gasteiger partial charge in [0.15, 0.2) is 0 Å². The van der Waals surface area contributed by atoms with Gasteiger partial charge in [-0.25, -0.2) is 8.42 Å².